The molecule has 0 amide bonds. The average Bonchev–Trinajstić information content (AvgIpc) is 2.76. The second-order valence-electron chi connectivity index (χ2n) is 4.64. The molecule has 4 nitrogen and oxygen atoms in total. The van der Waals surface area contributed by atoms with E-state index in [1.54, 1.807) is 7.11 Å². The number of guanidine groups is 1. The number of nitrogens with zero attached hydrogens (tertiary/aromatic N) is 2. The first-order chi connectivity index (χ1) is 8.66. The van der Waals surface area contributed by atoms with Gasteiger partial charge in [0.1, 0.15) is 5.75 Å². The number of hydrogen-bond donors (Lipinski definition) is 1. The summed E-state index contributed by atoms with van der Waals surface area (Å²) in [6, 6.07) is 7.98. The fourth-order valence-corrected chi connectivity index (χ4v) is 2.54. The van der Waals surface area contributed by atoms with Crippen LogP contribution in [0.15, 0.2) is 29.3 Å². The van der Waals surface area contributed by atoms with E-state index in [0.29, 0.717) is 5.96 Å². The van der Waals surface area contributed by atoms with Gasteiger partial charge in [0.15, 0.2) is 5.96 Å². The lowest BCUT2D eigenvalue weighted by molar-refractivity contribution is 0.413. The van der Waals surface area contributed by atoms with Crippen LogP contribution in [0.2, 0.25) is 0 Å². The summed E-state index contributed by atoms with van der Waals surface area (Å²) in [6.45, 7) is 5.15. The molecule has 4 heteroatoms. The van der Waals surface area contributed by atoms with Crippen molar-refractivity contribution >= 4 is 11.6 Å². The first-order valence-corrected chi connectivity index (χ1v) is 6.41. The molecule has 0 aliphatic carbocycles. The Bertz CT molecular complexity index is 435. The van der Waals surface area contributed by atoms with Gasteiger partial charge < -0.3 is 15.4 Å². The molecule has 0 saturated heterocycles. The summed E-state index contributed by atoms with van der Waals surface area (Å²) in [5.41, 5.74) is 7.16. The van der Waals surface area contributed by atoms with Crippen LogP contribution in [0.25, 0.3) is 0 Å². The molecule has 98 valence electrons. The highest BCUT2D eigenvalue weighted by Crippen LogP contribution is 2.34. The third kappa shape index (κ3) is 1.92. The number of aliphatic imine (C=N–C) groups is 1. The van der Waals surface area contributed by atoms with Crippen molar-refractivity contribution < 1.29 is 4.74 Å². The van der Waals surface area contributed by atoms with Crippen molar-refractivity contribution in [1.82, 2.24) is 0 Å². The van der Waals surface area contributed by atoms with Crippen molar-refractivity contribution in [3.8, 4) is 5.75 Å². The molecule has 1 heterocycles. The molecular weight excluding hydrogens is 226 g/mol. The van der Waals surface area contributed by atoms with E-state index in [0.717, 1.165) is 30.8 Å². The normalized spacial score (nSPS) is 17.7. The Kier molecular flexibility index (Phi) is 3.45. The van der Waals surface area contributed by atoms with Crippen LogP contribution in [0.1, 0.15) is 26.7 Å². The molecule has 18 heavy (non-hydrogen) atoms. The average molecular weight is 247 g/mol. The quantitative estimate of drug-likeness (QED) is 0.888. The van der Waals surface area contributed by atoms with Crippen LogP contribution >= 0.6 is 0 Å². The van der Waals surface area contributed by atoms with Crippen LogP contribution < -0.4 is 15.4 Å². The smallest absolute Gasteiger partial charge is 0.196 e. The van der Waals surface area contributed by atoms with Crippen molar-refractivity contribution in [3.63, 3.8) is 0 Å². The summed E-state index contributed by atoms with van der Waals surface area (Å²) in [5.74, 6) is 1.47. The Hall–Kier alpha value is -1.71. The number of nitrogens with two attached hydrogens (primary N) is 1. The number of hydrogen-bond acceptors (Lipinski definition) is 4. The van der Waals surface area contributed by atoms with Gasteiger partial charge >= 0.3 is 0 Å². The maximum atomic E-state index is 6.05. The van der Waals surface area contributed by atoms with Crippen molar-refractivity contribution in [2.75, 3.05) is 18.6 Å². The fourth-order valence-electron chi connectivity index (χ4n) is 2.54. The molecule has 0 bridgehead atoms. The van der Waals surface area contributed by atoms with E-state index in [4.69, 9.17) is 10.5 Å². The van der Waals surface area contributed by atoms with Crippen LogP contribution in [0.4, 0.5) is 5.69 Å². The third-order valence-electron chi connectivity index (χ3n) is 3.89. The number of benzene rings is 1. The number of anilines is 1. The van der Waals surface area contributed by atoms with E-state index in [1.807, 2.05) is 24.3 Å². The monoisotopic (exact) mass is 247 g/mol. The van der Waals surface area contributed by atoms with Gasteiger partial charge in [0, 0.05) is 5.69 Å². The molecule has 1 aromatic carbocycles. The molecule has 1 aliphatic rings. The summed E-state index contributed by atoms with van der Waals surface area (Å²) < 4.78 is 5.18. The molecule has 0 aromatic heterocycles. The van der Waals surface area contributed by atoms with Crippen LogP contribution in [0.3, 0.4) is 0 Å². The van der Waals surface area contributed by atoms with Crippen LogP contribution in [-0.4, -0.2) is 25.2 Å². The van der Waals surface area contributed by atoms with Gasteiger partial charge in [0.05, 0.1) is 19.2 Å². The standard InChI is InChI=1S/C14H21N3O/c1-4-14(5-2)10-16-13(15)17(14)11-6-8-12(18-3)9-7-11/h6-9H,4-5,10H2,1-3H3,(H2,15,16). The van der Waals surface area contributed by atoms with Gasteiger partial charge in [0.25, 0.3) is 0 Å². The molecule has 0 spiro atoms. The van der Waals surface area contributed by atoms with E-state index < -0.39 is 0 Å². The Morgan fingerprint density at radius 1 is 1.28 bits per heavy atom. The maximum Gasteiger partial charge on any atom is 0.196 e. The zero-order valence-corrected chi connectivity index (χ0v) is 11.3. The predicted octanol–water partition coefficient (Wildman–Crippen LogP) is 2.39. The first-order valence-electron chi connectivity index (χ1n) is 6.41. The Labute approximate surface area is 108 Å². The minimum Gasteiger partial charge on any atom is -0.497 e. The summed E-state index contributed by atoms with van der Waals surface area (Å²) in [4.78, 5) is 6.58. The number of ether oxygens (including phenoxy) is 1. The second-order valence-corrected chi connectivity index (χ2v) is 4.64. The van der Waals surface area contributed by atoms with E-state index >= 15 is 0 Å². The van der Waals surface area contributed by atoms with Gasteiger partial charge in [-0.25, -0.2) is 0 Å². The van der Waals surface area contributed by atoms with Crippen LogP contribution in [-0.2, 0) is 0 Å². The van der Waals surface area contributed by atoms with E-state index in [-0.39, 0.29) is 5.54 Å². The lowest BCUT2D eigenvalue weighted by Crippen LogP contribution is -2.51. The molecule has 0 fully saturated rings. The minimum atomic E-state index is 0.0265. The Balaban J connectivity index is 2.36. The summed E-state index contributed by atoms with van der Waals surface area (Å²) in [7, 11) is 1.67. The molecule has 0 unspecified atom stereocenters. The van der Waals surface area contributed by atoms with Gasteiger partial charge in [-0.05, 0) is 37.1 Å². The number of rotatable bonds is 4. The molecule has 1 aromatic rings. The molecule has 0 atom stereocenters. The molecule has 0 radical (unpaired) electrons. The fraction of sp³-hybridized carbons (Fsp3) is 0.500. The summed E-state index contributed by atoms with van der Waals surface area (Å²) >= 11 is 0. The third-order valence-corrected chi connectivity index (χ3v) is 3.89. The SMILES string of the molecule is CCC1(CC)CN=C(N)N1c1ccc(OC)cc1. The molecule has 0 saturated carbocycles. The minimum absolute atomic E-state index is 0.0265. The van der Waals surface area contributed by atoms with Crippen molar-refractivity contribution in [2.24, 2.45) is 10.7 Å². The number of methoxy groups -OCH3 is 1. The van der Waals surface area contributed by atoms with E-state index in [1.165, 1.54) is 0 Å². The van der Waals surface area contributed by atoms with Gasteiger partial charge in [0.2, 0.25) is 0 Å². The summed E-state index contributed by atoms with van der Waals surface area (Å²) in [5, 5.41) is 0. The highest BCUT2D eigenvalue weighted by Gasteiger charge is 2.40. The largest absolute Gasteiger partial charge is 0.497 e. The van der Waals surface area contributed by atoms with Crippen molar-refractivity contribution in [1.29, 1.82) is 0 Å². The topological polar surface area (TPSA) is 50.8 Å². The maximum absolute atomic E-state index is 6.05. The van der Waals surface area contributed by atoms with Gasteiger partial charge in [-0.15, -0.1) is 0 Å². The van der Waals surface area contributed by atoms with E-state index in [9.17, 15) is 0 Å². The predicted molar refractivity (Wildman–Crippen MR) is 75.3 cm³/mol. The Morgan fingerprint density at radius 2 is 1.89 bits per heavy atom. The Morgan fingerprint density at radius 3 is 2.39 bits per heavy atom. The summed E-state index contributed by atoms with van der Waals surface area (Å²) in [6.07, 6.45) is 2.06. The van der Waals surface area contributed by atoms with Crippen molar-refractivity contribution in [3.05, 3.63) is 24.3 Å². The lowest BCUT2D eigenvalue weighted by atomic mass is 9.91. The lowest BCUT2D eigenvalue weighted by Gasteiger charge is -2.38. The van der Waals surface area contributed by atoms with Crippen LogP contribution in [0.5, 0.6) is 5.75 Å². The first kappa shape index (κ1) is 12.7. The van der Waals surface area contributed by atoms with Gasteiger partial charge in [-0.1, -0.05) is 13.8 Å². The van der Waals surface area contributed by atoms with Crippen molar-refractivity contribution in [2.45, 2.75) is 32.2 Å². The zero-order chi connectivity index (χ0) is 13.2. The molecule has 1 aliphatic heterocycles. The van der Waals surface area contributed by atoms with Gasteiger partial charge in [-0.3, -0.25) is 4.99 Å². The van der Waals surface area contributed by atoms with Gasteiger partial charge in [-0.2, -0.15) is 0 Å². The molecule has 2 N–H and O–H groups in total. The second kappa shape index (κ2) is 4.88. The van der Waals surface area contributed by atoms with E-state index in [2.05, 4.69) is 23.7 Å². The van der Waals surface area contributed by atoms with Crippen LogP contribution in [0, 0.1) is 0 Å². The highest BCUT2D eigenvalue weighted by molar-refractivity contribution is 5.98. The molecule has 2 rings (SSSR count). The molecular formula is C14H21N3O. The highest BCUT2D eigenvalue weighted by atomic mass is 16.5. The zero-order valence-electron chi connectivity index (χ0n) is 11.3.